The molecule has 0 unspecified atom stereocenters. The summed E-state index contributed by atoms with van der Waals surface area (Å²) in [6.07, 6.45) is 0. The minimum Gasteiger partial charge on any atom is -0.382 e. The van der Waals surface area contributed by atoms with Crippen molar-refractivity contribution < 1.29 is 0 Å². The summed E-state index contributed by atoms with van der Waals surface area (Å²) >= 11 is 3.40. The molecule has 0 amide bonds. The van der Waals surface area contributed by atoms with Crippen molar-refractivity contribution in [3.63, 3.8) is 0 Å². The molecule has 0 aliphatic carbocycles. The van der Waals surface area contributed by atoms with Crippen LogP contribution in [0.15, 0.2) is 0 Å². The number of alkyl halides is 1. The number of nitrogens with one attached hydrogen (secondary N) is 3. The lowest BCUT2D eigenvalue weighted by Gasteiger charge is -2.06. The van der Waals surface area contributed by atoms with Gasteiger partial charge in [-0.25, -0.2) is 4.68 Å². The summed E-state index contributed by atoms with van der Waals surface area (Å²) in [6, 6.07) is 0. The summed E-state index contributed by atoms with van der Waals surface area (Å²) < 4.78 is 1.92. The van der Waals surface area contributed by atoms with Crippen LogP contribution in [0.1, 0.15) is 0 Å². The molecule has 1 aromatic rings. The Bertz CT molecular complexity index is 296. The highest BCUT2D eigenvalue weighted by atomic mass is 79.9. The maximum atomic E-state index is 4.41. The Morgan fingerprint density at radius 2 is 1.93 bits per heavy atom. The minimum absolute atomic E-state index is 0.840. The van der Waals surface area contributed by atoms with Crippen LogP contribution in [-0.4, -0.2) is 36.3 Å². The van der Waals surface area contributed by atoms with Gasteiger partial charge in [0.15, 0.2) is 5.82 Å². The lowest BCUT2D eigenvalue weighted by molar-refractivity contribution is 0.679. The maximum absolute atomic E-state index is 4.41. The number of aryl methyl sites for hydroxylation is 1. The van der Waals surface area contributed by atoms with Crippen molar-refractivity contribution in [2.24, 2.45) is 0 Å². The molecule has 1 heterocycles. The van der Waals surface area contributed by atoms with Gasteiger partial charge in [-0.1, -0.05) is 15.9 Å². The van der Waals surface area contributed by atoms with E-state index >= 15 is 0 Å². The van der Waals surface area contributed by atoms with Crippen molar-refractivity contribution in [3.05, 3.63) is 0 Å². The van der Waals surface area contributed by atoms with Gasteiger partial charge in [0.05, 0.1) is 6.54 Å². The third kappa shape index (κ3) is 1.95. The Balaban J connectivity index is 3.10. The van der Waals surface area contributed by atoms with Gasteiger partial charge in [0.2, 0.25) is 0 Å². The quantitative estimate of drug-likeness (QED) is 0.702. The van der Waals surface area contributed by atoms with Crippen LogP contribution in [0, 0.1) is 0 Å². The fourth-order valence-electron chi connectivity index (χ4n) is 1.37. The van der Waals surface area contributed by atoms with E-state index in [2.05, 4.69) is 37.0 Å². The SMILES string of the molecule is CNc1nn(CCBr)c(NC)c1NC. The number of anilines is 3. The second kappa shape index (κ2) is 5.09. The number of aromatic nitrogens is 2. The molecule has 0 atom stereocenters. The van der Waals surface area contributed by atoms with E-state index in [0.29, 0.717) is 0 Å². The van der Waals surface area contributed by atoms with E-state index in [0.717, 1.165) is 29.2 Å². The number of rotatable bonds is 5. The summed E-state index contributed by atoms with van der Waals surface area (Å²) in [5, 5.41) is 14.6. The molecule has 0 aromatic carbocycles. The molecule has 0 spiro atoms. The Hall–Kier alpha value is -0.910. The predicted octanol–water partition coefficient (Wildman–Crippen LogP) is 1.40. The first-order chi connectivity index (χ1) is 6.78. The summed E-state index contributed by atoms with van der Waals surface area (Å²) in [5.41, 5.74) is 0.996. The molecule has 0 aliphatic heterocycles. The van der Waals surface area contributed by atoms with Crippen molar-refractivity contribution in [2.45, 2.75) is 6.54 Å². The molecular weight excluding hydrogens is 246 g/mol. The van der Waals surface area contributed by atoms with E-state index in [1.165, 1.54) is 0 Å². The Morgan fingerprint density at radius 1 is 1.21 bits per heavy atom. The van der Waals surface area contributed by atoms with Gasteiger partial charge in [-0.05, 0) is 0 Å². The Morgan fingerprint density at radius 3 is 2.36 bits per heavy atom. The van der Waals surface area contributed by atoms with E-state index in [1.807, 2.05) is 25.8 Å². The molecule has 1 aromatic heterocycles. The van der Waals surface area contributed by atoms with Crippen LogP contribution in [0.25, 0.3) is 0 Å². The van der Waals surface area contributed by atoms with Crippen LogP contribution in [0.3, 0.4) is 0 Å². The van der Waals surface area contributed by atoms with E-state index in [9.17, 15) is 0 Å². The lowest BCUT2D eigenvalue weighted by Crippen LogP contribution is -2.06. The van der Waals surface area contributed by atoms with Gasteiger partial charge in [-0.15, -0.1) is 0 Å². The fraction of sp³-hybridized carbons (Fsp3) is 0.625. The molecule has 0 fully saturated rings. The van der Waals surface area contributed by atoms with Gasteiger partial charge >= 0.3 is 0 Å². The topological polar surface area (TPSA) is 53.9 Å². The van der Waals surface area contributed by atoms with Crippen molar-refractivity contribution in [1.29, 1.82) is 0 Å². The largest absolute Gasteiger partial charge is 0.382 e. The Kier molecular flexibility index (Phi) is 4.06. The van der Waals surface area contributed by atoms with Gasteiger partial charge < -0.3 is 16.0 Å². The molecule has 0 bridgehead atoms. The highest BCUT2D eigenvalue weighted by Gasteiger charge is 2.13. The van der Waals surface area contributed by atoms with Crippen LogP contribution in [-0.2, 0) is 6.54 Å². The molecule has 0 aliphatic rings. The summed E-state index contributed by atoms with van der Waals surface area (Å²) in [7, 11) is 5.64. The van der Waals surface area contributed by atoms with Gasteiger partial charge in [-0.3, -0.25) is 0 Å². The van der Waals surface area contributed by atoms with Gasteiger partial charge in [0.25, 0.3) is 0 Å². The van der Waals surface area contributed by atoms with Crippen molar-refractivity contribution in [1.82, 2.24) is 9.78 Å². The van der Waals surface area contributed by atoms with Crippen LogP contribution in [0.2, 0.25) is 0 Å². The zero-order valence-corrected chi connectivity index (χ0v) is 10.3. The predicted molar refractivity (Wildman–Crippen MR) is 64.7 cm³/mol. The summed E-state index contributed by atoms with van der Waals surface area (Å²) in [5.74, 6) is 1.86. The average Bonchev–Trinajstić information content (AvgIpc) is 2.55. The number of hydrogen-bond donors (Lipinski definition) is 3. The lowest BCUT2D eigenvalue weighted by atomic mass is 10.4. The number of hydrogen-bond acceptors (Lipinski definition) is 4. The maximum Gasteiger partial charge on any atom is 0.173 e. The number of halogens is 1. The van der Waals surface area contributed by atoms with E-state index in [1.54, 1.807) is 0 Å². The van der Waals surface area contributed by atoms with Crippen molar-refractivity contribution >= 4 is 33.3 Å². The Labute approximate surface area is 92.4 Å². The standard InChI is InChI=1S/C8H16BrN5/c1-10-6-7(11-2)13-14(5-4-9)8(6)12-3/h10,12H,4-5H2,1-3H3,(H,11,13). The van der Waals surface area contributed by atoms with Crippen molar-refractivity contribution in [3.8, 4) is 0 Å². The molecule has 3 N–H and O–H groups in total. The van der Waals surface area contributed by atoms with E-state index in [4.69, 9.17) is 0 Å². The van der Waals surface area contributed by atoms with Crippen LogP contribution in [0.5, 0.6) is 0 Å². The van der Waals surface area contributed by atoms with Gasteiger partial charge in [0.1, 0.15) is 11.5 Å². The third-order valence-electron chi connectivity index (χ3n) is 1.97. The fourth-order valence-corrected chi connectivity index (χ4v) is 1.71. The monoisotopic (exact) mass is 261 g/mol. The first-order valence-corrected chi connectivity index (χ1v) is 5.60. The molecule has 14 heavy (non-hydrogen) atoms. The third-order valence-corrected chi connectivity index (χ3v) is 2.33. The normalized spacial score (nSPS) is 10.0. The molecule has 0 radical (unpaired) electrons. The molecule has 0 saturated heterocycles. The molecule has 5 nitrogen and oxygen atoms in total. The van der Waals surface area contributed by atoms with Gasteiger partial charge in [-0.2, -0.15) is 5.10 Å². The van der Waals surface area contributed by atoms with Crippen LogP contribution >= 0.6 is 15.9 Å². The average molecular weight is 262 g/mol. The zero-order chi connectivity index (χ0) is 10.6. The zero-order valence-electron chi connectivity index (χ0n) is 8.69. The van der Waals surface area contributed by atoms with Gasteiger partial charge in [0, 0.05) is 26.5 Å². The molecule has 80 valence electrons. The molecule has 0 saturated carbocycles. The van der Waals surface area contributed by atoms with Crippen molar-refractivity contribution in [2.75, 3.05) is 42.4 Å². The summed E-state index contributed by atoms with van der Waals surface area (Å²) in [4.78, 5) is 0. The van der Waals surface area contributed by atoms with E-state index < -0.39 is 0 Å². The second-order valence-corrected chi connectivity index (χ2v) is 3.53. The highest BCUT2D eigenvalue weighted by molar-refractivity contribution is 9.09. The van der Waals surface area contributed by atoms with Crippen LogP contribution in [0.4, 0.5) is 17.3 Å². The first-order valence-electron chi connectivity index (χ1n) is 4.48. The second-order valence-electron chi connectivity index (χ2n) is 2.73. The minimum atomic E-state index is 0.840. The molecule has 1 rings (SSSR count). The molecule has 6 heteroatoms. The van der Waals surface area contributed by atoms with Crippen LogP contribution < -0.4 is 16.0 Å². The number of nitrogens with zero attached hydrogens (tertiary/aromatic N) is 2. The van der Waals surface area contributed by atoms with E-state index in [-0.39, 0.29) is 0 Å². The highest BCUT2D eigenvalue weighted by Crippen LogP contribution is 2.29. The molecular formula is C8H16BrN5. The first kappa shape index (κ1) is 11.2. The smallest absolute Gasteiger partial charge is 0.173 e. The summed E-state index contributed by atoms with van der Waals surface area (Å²) in [6.45, 7) is 0.840.